The smallest absolute Gasteiger partial charge is 0.252 e. The number of methoxy groups -OCH3 is 1. The molecule has 1 saturated heterocycles. The third-order valence-electron chi connectivity index (χ3n) is 5.25. The number of carbonyl (C=O) groups excluding carboxylic acids is 1. The van der Waals surface area contributed by atoms with Crippen molar-refractivity contribution in [3.63, 3.8) is 0 Å². The molecule has 118 valence electrons. The maximum atomic E-state index is 12.5. The van der Waals surface area contributed by atoms with Crippen molar-refractivity contribution in [2.24, 2.45) is 5.41 Å². The monoisotopic (exact) mass is 304 g/mol. The molecule has 20 heavy (non-hydrogen) atoms. The Balaban J connectivity index is 0.00000200. The number of rotatable bonds is 5. The second-order valence-electron chi connectivity index (χ2n) is 6.19. The number of nitrogens with one attached hydrogen (secondary N) is 2. The Bertz CT molecular complexity index is 311. The molecule has 0 unspecified atom stereocenters. The van der Waals surface area contributed by atoms with Crippen LogP contribution in [0, 0.1) is 5.41 Å². The van der Waals surface area contributed by atoms with E-state index < -0.39 is 5.60 Å². The summed E-state index contributed by atoms with van der Waals surface area (Å²) in [6, 6.07) is 0. The minimum Gasteiger partial charge on any atom is -0.368 e. The van der Waals surface area contributed by atoms with Crippen LogP contribution >= 0.6 is 12.4 Å². The molecule has 0 aromatic heterocycles. The summed E-state index contributed by atoms with van der Waals surface area (Å²) in [6.07, 6.45) is 7.83. The average molecular weight is 305 g/mol. The molecule has 1 heterocycles. The van der Waals surface area contributed by atoms with Gasteiger partial charge in [-0.25, -0.2) is 0 Å². The SMILES string of the molecule is CCC1(CNC(=O)C2(OC)CCNCC2)CCCC1.Cl. The van der Waals surface area contributed by atoms with E-state index in [4.69, 9.17) is 4.74 Å². The Hall–Kier alpha value is -0.320. The molecule has 1 saturated carbocycles. The normalized spacial score (nSPS) is 23.9. The largest absolute Gasteiger partial charge is 0.368 e. The number of piperidine rings is 1. The van der Waals surface area contributed by atoms with Crippen molar-refractivity contribution in [2.75, 3.05) is 26.7 Å². The van der Waals surface area contributed by atoms with Gasteiger partial charge in [-0.05, 0) is 50.6 Å². The van der Waals surface area contributed by atoms with Gasteiger partial charge in [-0.15, -0.1) is 12.4 Å². The predicted molar refractivity (Wildman–Crippen MR) is 83.3 cm³/mol. The molecule has 0 aromatic rings. The zero-order valence-corrected chi connectivity index (χ0v) is 13.6. The van der Waals surface area contributed by atoms with Crippen molar-refractivity contribution in [1.29, 1.82) is 0 Å². The molecule has 2 aliphatic rings. The predicted octanol–water partition coefficient (Wildman–Crippen LogP) is 2.26. The second-order valence-corrected chi connectivity index (χ2v) is 6.19. The van der Waals surface area contributed by atoms with E-state index in [-0.39, 0.29) is 18.3 Å². The van der Waals surface area contributed by atoms with Gasteiger partial charge in [-0.2, -0.15) is 0 Å². The Morgan fingerprint density at radius 1 is 1.20 bits per heavy atom. The van der Waals surface area contributed by atoms with E-state index in [0.717, 1.165) is 38.9 Å². The lowest BCUT2D eigenvalue weighted by Crippen LogP contribution is -2.55. The lowest BCUT2D eigenvalue weighted by atomic mass is 9.83. The molecule has 2 rings (SSSR count). The molecule has 5 heteroatoms. The highest BCUT2D eigenvalue weighted by atomic mass is 35.5. The van der Waals surface area contributed by atoms with Gasteiger partial charge < -0.3 is 15.4 Å². The van der Waals surface area contributed by atoms with Gasteiger partial charge in [-0.3, -0.25) is 4.79 Å². The van der Waals surface area contributed by atoms with Crippen LogP contribution in [0.3, 0.4) is 0 Å². The van der Waals surface area contributed by atoms with Gasteiger partial charge in [0.15, 0.2) is 0 Å². The first-order valence-corrected chi connectivity index (χ1v) is 7.71. The van der Waals surface area contributed by atoms with Crippen molar-refractivity contribution < 1.29 is 9.53 Å². The van der Waals surface area contributed by atoms with E-state index in [1.165, 1.54) is 25.7 Å². The summed E-state index contributed by atoms with van der Waals surface area (Å²) in [7, 11) is 1.66. The molecule has 0 radical (unpaired) electrons. The van der Waals surface area contributed by atoms with Gasteiger partial charge in [0.1, 0.15) is 5.60 Å². The van der Waals surface area contributed by atoms with Crippen LogP contribution in [-0.2, 0) is 9.53 Å². The summed E-state index contributed by atoms with van der Waals surface area (Å²) in [5.74, 6) is 0.0937. The van der Waals surface area contributed by atoms with Gasteiger partial charge in [0.25, 0.3) is 5.91 Å². The topological polar surface area (TPSA) is 50.4 Å². The number of hydrogen-bond acceptors (Lipinski definition) is 3. The van der Waals surface area contributed by atoms with Crippen LogP contribution in [0.25, 0.3) is 0 Å². The fourth-order valence-electron chi connectivity index (χ4n) is 3.56. The molecule has 0 aromatic carbocycles. The molecule has 4 nitrogen and oxygen atoms in total. The number of ether oxygens (including phenoxy) is 1. The standard InChI is InChI=1S/C15H28N2O2.ClH/c1-3-14(6-4-5-7-14)12-17-13(18)15(19-2)8-10-16-11-9-15;/h16H,3-12H2,1-2H3,(H,17,18);1H. The van der Waals surface area contributed by atoms with Crippen molar-refractivity contribution in [1.82, 2.24) is 10.6 Å². The summed E-state index contributed by atoms with van der Waals surface area (Å²) in [5, 5.41) is 6.47. The van der Waals surface area contributed by atoms with E-state index in [1.807, 2.05) is 0 Å². The minimum absolute atomic E-state index is 0. The molecular formula is C15H29ClN2O2. The lowest BCUT2D eigenvalue weighted by molar-refractivity contribution is -0.147. The molecule has 1 aliphatic heterocycles. The van der Waals surface area contributed by atoms with E-state index in [0.29, 0.717) is 5.41 Å². The fourth-order valence-corrected chi connectivity index (χ4v) is 3.56. The average Bonchev–Trinajstić information content (AvgIpc) is 2.95. The number of halogens is 1. The number of carbonyl (C=O) groups is 1. The molecular weight excluding hydrogens is 276 g/mol. The van der Waals surface area contributed by atoms with Gasteiger partial charge in [0, 0.05) is 13.7 Å². The summed E-state index contributed by atoms with van der Waals surface area (Å²) in [6.45, 7) is 4.79. The van der Waals surface area contributed by atoms with Crippen molar-refractivity contribution in [3.05, 3.63) is 0 Å². The first-order valence-electron chi connectivity index (χ1n) is 7.71. The van der Waals surface area contributed by atoms with Gasteiger partial charge in [0.05, 0.1) is 0 Å². The van der Waals surface area contributed by atoms with Crippen molar-refractivity contribution in [2.45, 2.75) is 57.5 Å². The third-order valence-corrected chi connectivity index (χ3v) is 5.25. The first kappa shape index (κ1) is 17.7. The Morgan fingerprint density at radius 3 is 2.30 bits per heavy atom. The molecule has 0 spiro atoms. The molecule has 2 N–H and O–H groups in total. The second kappa shape index (κ2) is 7.62. The Kier molecular flexibility index (Phi) is 6.76. The van der Waals surface area contributed by atoms with Crippen LogP contribution < -0.4 is 10.6 Å². The number of hydrogen-bond donors (Lipinski definition) is 2. The van der Waals surface area contributed by atoms with Crippen molar-refractivity contribution >= 4 is 18.3 Å². The first-order chi connectivity index (χ1) is 9.16. The van der Waals surface area contributed by atoms with Gasteiger partial charge in [0.2, 0.25) is 0 Å². The summed E-state index contributed by atoms with van der Waals surface area (Å²) in [4.78, 5) is 12.5. The number of amides is 1. The highest BCUT2D eigenvalue weighted by Gasteiger charge is 2.41. The summed E-state index contributed by atoms with van der Waals surface area (Å²) < 4.78 is 5.57. The van der Waals surface area contributed by atoms with E-state index in [2.05, 4.69) is 17.6 Å². The molecule has 2 fully saturated rings. The van der Waals surface area contributed by atoms with E-state index in [9.17, 15) is 4.79 Å². The Morgan fingerprint density at radius 2 is 1.80 bits per heavy atom. The molecule has 1 amide bonds. The highest BCUT2D eigenvalue weighted by molar-refractivity contribution is 5.85. The molecule has 0 atom stereocenters. The summed E-state index contributed by atoms with van der Waals surface area (Å²) >= 11 is 0. The van der Waals surface area contributed by atoms with Crippen LogP contribution in [0.5, 0.6) is 0 Å². The van der Waals surface area contributed by atoms with Crippen LogP contribution in [-0.4, -0.2) is 38.3 Å². The van der Waals surface area contributed by atoms with Crippen LogP contribution in [0.1, 0.15) is 51.9 Å². The minimum atomic E-state index is -0.598. The van der Waals surface area contributed by atoms with Crippen LogP contribution in [0.2, 0.25) is 0 Å². The van der Waals surface area contributed by atoms with Gasteiger partial charge in [-0.1, -0.05) is 19.8 Å². The Labute approximate surface area is 128 Å². The van der Waals surface area contributed by atoms with Crippen LogP contribution in [0.4, 0.5) is 0 Å². The zero-order chi connectivity index (χ0) is 13.8. The highest BCUT2D eigenvalue weighted by Crippen LogP contribution is 2.40. The van der Waals surface area contributed by atoms with E-state index in [1.54, 1.807) is 7.11 Å². The summed E-state index contributed by atoms with van der Waals surface area (Å²) in [5.41, 5.74) is -0.254. The molecule has 0 bridgehead atoms. The fraction of sp³-hybridized carbons (Fsp3) is 0.933. The zero-order valence-electron chi connectivity index (χ0n) is 12.8. The van der Waals surface area contributed by atoms with Crippen LogP contribution in [0.15, 0.2) is 0 Å². The molecule has 1 aliphatic carbocycles. The van der Waals surface area contributed by atoms with Crippen molar-refractivity contribution in [3.8, 4) is 0 Å². The lowest BCUT2D eigenvalue weighted by Gasteiger charge is -2.36. The maximum absolute atomic E-state index is 12.5. The van der Waals surface area contributed by atoms with E-state index >= 15 is 0 Å². The third kappa shape index (κ3) is 3.66. The quantitative estimate of drug-likeness (QED) is 0.819. The van der Waals surface area contributed by atoms with Gasteiger partial charge >= 0.3 is 0 Å². The maximum Gasteiger partial charge on any atom is 0.252 e.